The zero-order valence-corrected chi connectivity index (χ0v) is 84.4. The molecule has 14 aromatic carbocycles. The van der Waals surface area contributed by atoms with E-state index in [0.29, 0.717) is 0 Å². The van der Waals surface area contributed by atoms with Gasteiger partial charge in [-0.15, -0.1) is 13.8 Å². The average Bonchev–Trinajstić information content (AvgIpc) is 0.822. The molecule has 0 aliphatic carbocycles. The molecule has 0 bridgehead atoms. The van der Waals surface area contributed by atoms with Gasteiger partial charge in [-0.05, 0) is 172 Å². The van der Waals surface area contributed by atoms with Crippen molar-refractivity contribution in [2.45, 2.75) is 207 Å². The minimum Gasteiger partial charge on any atom is -0.316 e. The Hall–Kier alpha value is -5.72. The van der Waals surface area contributed by atoms with Gasteiger partial charge in [0, 0.05) is 131 Å². The van der Waals surface area contributed by atoms with Crippen molar-refractivity contribution in [2.24, 2.45) is 0 Å². The standard InChI is InChI=1S/C14H16.2C13H14.C9H12.2C9H11.C8H9.C8H8.3C6H5.3C2H6.CH4.4Y/c1-9-5-13-7-11(3)12(4)8-14(13)6-10(9)2;1-9-4-5-12-7-10(2)6-11(3)13(12)8-9;1-9-4-5-12-7-10(2)11(3)8-13(12)6-9;1-7-4-5-8(2)9(3)6-7;2*1-3-9-7-5-4-6-8(9)2;2*1-7-3-5-8(2)6-4-7;3*1-2-4-6-5-3-1;3*1-2;;;;;/h5-8H,1-4H3;2*4-8H,1-3H3;4-6H,1-3H3;2*4,6-7H,3H2,1-2H3;3-5H,1-2H3;3,6H,1-2H3;3*1-5H;3*1-2H3;1H4;;;;/q;;;;3*-1;-2;3*-1;;;;;;;;. The third-order valence-corrected chi connectivity index (χ3v) is 16.9. The van der Waals surface area contributed by atoms with Crippen LogP contribution in [0.1, 0.15) is 180 Å². The van der Waals surface area contributed by atoms with Gasteiger partial charge in [-0.3, -0.25) is 23.3 Å². The molecule has 14 rings (SSSR count). The van der Waals surface area contributed by atoms with Gasteiger partial charge in [-0.2, -0.15) is 215 Å². The zero-order chi connectivity index (χ0) is 80.1. The van der Waals surface area contributed by atoms with Gasteiger partial charge < -0.3 is 12.1 Å². The van der Waals surface area contributed by atoms with Gasteiger partial charge >= 0.3 is 0 Å². The molecular formula is C108H132Y4-8. The first-order valence-electron chi connectivity index (χ1n) is 38.3. The van der Waals surface area contributed by atoms with Gasteiger partial charge in [0.2, 0.25) is 0 Å². The van der Waals surface area contributed by atoms with E-state index in [9.17, 15) is 0 Å². The van der Waals surface area contributed by atoms with Crippen LogP contribution in [-0.4, -0.2) is 0 Å². The molecule has 0 spiro atoms. The summed E-state index contributed by atoms with van der Waals surface area (Å²) in [6, 6.07) is 113. The van der Waals surface area contributed by atoms with E-state index in [0.717, 1.165) is 24.0 Å². The van der Waals surface area contributed by atoms with E-state index < -0.39 is 0 Å². The first-order chi connectivity index (χ1) is 51.4. The Morgan fingerprint density at radius 1 is 0.214 bits per heavy atom. The summed E-state index contributed by atoms with van der Waals surface area (Å²) in [5, 5.41) is 8.14. The summed E-state index contributed by atoms with van der Waals surface area (Å²) in [6.07, 6.45) is 2.23. The third kappa shape index (κ3) is 49.9. The maximum Gasteiger partial charge on any atom is 0 e. The van der Waals surface area contributed by atoms with Gasteiger partial charge in [0.1, 0.15) is 0 Å². The molecule has 0 fully saturated rings. The van der Waals surface area contributed by atoms with E-state index in [1.807, 2.05) is 184 Å². The number of hydrogen-bond acceptors (Lipinski definition) is 0. The Labute approximate surface area is 787 Å². The number of hydrogen-bond donors (Lipinski definition) is 0. The Balaban J connectivity index is -0.000000374. The van der Waals surface area contributed by atoms with Crippen molar-refractivity contribution in [3.05, 3.63) is 426 Å². The van der Waals surface area contributed by atoms with Crippen molar-refractivity contribution in [3.8, 4) is 0 Å². The second kappa shape index (κ2) is 69.6. The van der Waals surface area contributed by atoms with Crippen molar-refractivity contribution in [1.82, 2.24) is 0 Å². The molecule has 4 radical (unpaired) electrons. The minimum atomic E-state index is 0. The van der Waals surface area contributed by atoms with Crippen LogP contribution in [-0.2, 0) is 144 Å². The molecule has 0 aromatic heterocycles. The monoisotopic (exact) mass is 1780 g/mol. The second-order valence-electron chi connectivity index (χ2n) is 26.0. The molecule has 14 aromatic rings. The van der Waals surface area contributed by atoms with Gasteiger partial charge in [-0.1, -0.05) is 229 Å². The molecular weight excluding hydrogens is 1650 g/mol. The number of fused-ring (bicyclic) bond motifs is 3. The fourth-order valence-electron chi connectivity index (χ4n) is 10.2. The molecule has 112 heavy (non-hydrogen) atoms. The van der Waals surface area contributed by atoms with E-state index in [4.69, 9.17) is 0 Å². The maximum absolute atomic E-state index is 3.10. The summed E-state index contributed by atoms with van der Waals surface area (Å²) >= 11 is 0. The molecule has 0 amide bonds. The first kappa shape index (κ1) is 115. The molecule has 4 heteroatoms. The molecule has 0 N–H and O–H groups in total. The first-order valence-corrected chi connectivity index (χ1v) is 38.3. The van der Waals surface area contributed by atoms with Crippen LogP contribution in [0.3, 0.4) is 0 Å². The Bertz CT molecular complexity index is 4240. The van der Waals surface area contributed by atoms with Crippen LogP contribution in [0.2, 0.25) is 0 Å². The van der Waals surface area contributed by atoms with Gasteiger partial charge in [0.05, 0.1) is 0 Å². The Morgan fingerprint density at radius 2 is 0.518 bits per heavy atom. The van der Waals surface area contributed by atoms with Crippen LogP contribution >= 0.6 is 0 Å². The predicted molar refractivity (Wildman–Crippen MR) is 484 cm³/mol. The minimum absolute atomic E-state index is 0. The van der Waals surface area contributed by atoms with Gasteiger partial charge in [0.25, 0.3) is 0 Å². The van der Waals surface area contributed by atoms with Crippen LogP contribution in [0.5, 0.6) is 0 Å². The van der Waals surface area contributed by atoms with E-state index >= 15 is 0 Å². The summed E-state index contributed by atoms with van der Waals surface area (Å²) < 4.78 is 0. The molecule has 584 valence electrons. The van der Waals surface area contributed by atoms with Crippen molar-refractivity contribution >= 4 is 32.3 Å². The van der Waals surface area contributed by atoms with E-state index in [-0.39, 0.29) is 138 Å². The Kier molecular flexibility index (Phi) is 71.3. The molecule has 0 saturated carbocycles. The summed E-state index contributed by atoms with van der Waals surface area (Å²) in [5.41, 5.74) is 28.0. The molecule has 0 unspecified atom stereocenters. The second-order valence-corrected chi connectivity index (χ2v) is 26.0. The number of benzene rings is 14. The largest absolute Gasteiger partial charge is 0.316 e. The quantitative estimate of drug-likeness (QED) is 0.151. The van der Waals surface area contributed by atoms with Crippen molar-refractivity contribution < 1.29 is 131 Å². The van der Waals surface area contributed by atoms with Crippen molar-refractivity contribution in [2.75, 3.05) is 0 Å². The van der Waals surface area contributed by atoms with Crippen molar-refractivity contribution in [3.63, 3.8) is 0 Å². The predicted octanol–water partition coefficient (Wildman–Crippen LogP) is 31.1. The van der Waals surface area contributed by atoms with E-state index in [1.54, 1.807) is 0 Å². The van der Waals surface area contributed by atoms with Crippen LogP contribution in [0.25, 0.3) is 32.3 Å². The molecule has 0 heterocycles. The maximum atomic E-state index is 3.10. The normalized spacial score (nSPS) is 8.92. The SMILES string of the molecule is C.CC.CC.CC.CCc1c[c-]ccc1C.CCc1c[c-]ccc1C.Cc1[c-]cc(C)[c-]c1.Cc1[c-]cc(C)cc1.Cc1cc(C)c2cc(C)ccc2c1.Cc1cc2cc(C)c(C)cc2cc1C.Cc1ccc(C)c(C)c1.Cc1ccc2cc(C)c(C)cc2c1.[Y].[Y].[Y].[Y].[c-]1ccccc1.[c-]1ccccc1.[c-]1ccccc1. The summed E-state index contributed by atoms with van der Waals surface area (Å²) in [5.74, 6) is 0. The summed E-state index contributed by atoms with van der Waals surface area (Å²) in [7, 11) is 0. The van der Waals surface area contributed by atoms with Crippen LogP contribution < -0.4 is 0 Å². The van der Waals surface area contributed by atoms with Gasteiger partial charge in [0.15, 0.2) is 0 Å². The number of aryl methyl sites for hydroxylation is 21. The topological polar surface area (TPSA) is 0 Å². The van der Waals surface area contributed by atoms with Crippen LogP contribution in [0, 0.1) is 180 Å². The molecule has 0 aliphatic rings. The Morgan fingerprint density at radius 3 is 0.812 bits per heavy atom. The summed E-state index contributed by atoms with van der Waals surface area (Å²) in [4.78, 5) is 0. The molecule has 0 aliphatic heterocycles. The third-order valence-electron chi connectivity index (χ3n) is 16.9. The van der Waals surface area contributed by atoms with Gasteiger partial charge in [-0.25, -0.2) is 0 Å². The smallest absolute Gasteiger partial charge is 0 e. The fourth-order valence-corrected chi connectivity index (χ4v) is 10.2. The van der Waals surface area contributed by atoms with Crippen LogP contribution in [0.4, 0.5) is 0 Å². The summed E-state index contributed by atoms with van der Waals surface area (Å²) in [6.45, 7) is 56.7. The molecule has 0 nitrogen and oxygen atoms in total. The molecule has 0 atom stereocenters. The average molecular weight is 1790 g/mol. The number of rotatable bonds is 2. The molecule has 0 saturated heterocycles. The van der Waals surface area contributed by atoms with Crippen LogP contribution in [0.15, 0.2) is 261 Å². The zero-order valence-electron chi connectivity index (χ0n) is 73.0. The van der Waals surface area contributed by atoms with E-state index in [2.05, 4.69) is 313 Å². The van der Waals surface area contributed by atoms with E-state index in [1.165, 1.54) is 138 Å². The fraction of sp³-hybridized carbons (Fsp3) is 0.278. The van der Waals surface area contributed by atoms with Crippen molar-refractivity contribution in [1.29, 1.82) is 0 Å².